The number of anilines is 1. The number of nitrogens with two attached hydrogens (primary N) is 1. The zero-order chi connectivity index (χ0) is 19.8. The molecule has 150 valence electrons. The van der Waals surface area contributed by atoms with Crippen molar-refractivity contribution in [3.8, 4) is 5.75 Å². The van der Waals surface area contributed by atoms with Gasteiger partial charge in [0.1, 0.15) is 5.75 Å². The highest BCUT2D eigenvalue weighted by atomic mass is 16.5. The Bertz CT molecular complexity index is 768. The number of nitrogens with zero attached hydrogens (tertiary/aromatic N) is 2. The fraction of sp³-hybridized carbons (Fsp3) is 0.409. The first-order valence-electron chi connectivity index (χ1n) is 9.80. The van der Waals surface area contributed by atoms with Gasteiger partial charge in [-0.05, 0) is 49.2 Å². The molecule has 0 unspecified atom stereocenters. The van der Waals surface area contributed by atoms with E-state index in [-0.39, 0.29) is 6.10 Å². The first kappa shape index (κ1) is 20.2. The van der Waals surface area contributed by atoms with E-state index in [0.717, 1.165) is 49.8 Å². The van der Waals surface area contributed by atoms with Crippen molar-refractivity contribution < 1.29 is 9.47 Å². The zero-order valence-corrected chi connectivity index (χ0v) is 16.7. The quantitative estimate of drug-likeness (QED) is 0.568. The monoisotopic (exact) mass is 382 g/mol. The standard InChI is InChI=1S/C22H30N4O2/c1-17(2)28-21-8-6-20(7-9-21)25-22(23)24-15-18-4-3-5-19(14-18)16-26-10-12-27-13-11-26/h3-9,14,17H,10-13,15-16H2,1-2H3,(H3,23,24,25). The zero-order valence-electron chi connectivity index (χ0n) is 16.7. The van der Waals surface area contributed by atoms with E-state index in [1.807, 2.05) is 38.1 Å². The van der Waals surface area contributed by atoms with Gasteiger partial charge in [0.2, 0.25) is 0 Å². The van der Waals surface area contributed by atoms with E-state index in [1.165, 1.54) is 5.56 Å². The van der Waals surface area contributed by atoms with Crippen LogP contribution < -0.4 is 15.8 Å². The smallest absolute Gasteiger partial charge is 0.193 e. The minimum Gasteiger partial charge on any atom is -0.491 e. The van der Waals surface area contributed by atoms with E-state index >= 15 is 0 Å². The highest BCUT2D eigenvalue weighted by Gasteiger charge is 2.10. The summed E-state index contributed by atoms with van der Waals surface area (Å²) >= 11 is 0. The second kappa shape index (κ2) is 10.1. The van der Waals surface area contributed by atoms with E-state index < -0.39 is 0 Å². The Morgan fingerprint density at radius 1 is 1.14 bits per heavy atom. The third-order valence-electron chi connectivity index (χ3n) is 4.43. The van der Waals surface area contributed by atoms with E-state index in [9.17, 15) is 0 Å². The molecule has 1 fully saturated rings. The van der Waals surface area contributed by atoms with Crippen LogP contribution in [0, 0.1) is 0 Å². The lowest BCUT2D eigenvalue weighted by Gasteiger charge is -2.26. The summed E-state index contributed by atoms with van der Waals surface area (Å²) in [6.07, 6.45) is 0.157. The maximum atomic E-state index is 6.05. The molecule has 0 atom stereocenters. The van der Waals surface area contributed by atoms with E-state index in [1.54, 1.807) is 0 Å². The molecule has 0 aliphatic carbocycles. The van der Waals surface area contributed by atoms with Crippen LogP contribution in [0.5, 0.6) is 5.75 Å². The Balaban J connectivity index is 1.53. The van der Waals surface area contributed by atoms with Crippen LogP contribution in [0.1, 0.15) is 25.0 Å². The molecule has 1 aliphatic heterocycles. The van der Waals surface area contributed by atoms with Crippen LogP contribution >= 0.6 is 0 Å². The van der Waals surface area contributed by atoms with Crippen LogP contribution in [-0.2, 0) is 17.8 Å². The maximum absolute atomic E-state index is 6.05. The van der Waals surface area contributed by atoms with Crippen LogP contribution in [0.15, 0.2) is 53.5 Å². The van der Waals surface area contributed by atoms with Crippen LogP contribution in [-0.4, -0.2) is 43.3 Å². The topological polar surface area (TPSA) is 72.1 Å². The predicted molar refractivity (Wildman–Crippen MR) is 114 cm³/mol. The van der Waals surface area contributed by atoms with Gasteiger partial charge in [-0.2, -0.15) is 0 Å². The summed E-state index contributed by atoms with van der Waals surface area (Å²) in [6, 6.07) is 16.2. The van der Waals surface area contributed by atoms with Gasteiger partial charge in [-0.25, -0.2) is 4.99 Å². The van der Waals surface area contributed by atoms with Crippen molar-refractivity contribution in [2.45, 2.75) is 33.0 Å². The molecule has 0 spiro atoms. The second-order valence-electron chi connectivity index (χ2n) is 7.23. The fourth-order valence-electron chi connectivity index (χ4n) is 3.10. The lowest BCUT2D eigenvalue weighted by molar-refractivity contribution is 0.0342. The molecule has 0 aromatic heterocycles. The molecule has 3 N–H and O–H groups in total. The summed E-state index contributed by atoms with van der Waals surface area (Å²) in [5.41, 5.74) is 9.38. The van der Waals surface area contributed by atoms with Crippen molar-refractivity contribution in [2.75, 3.05) is 31.6 Å². The molecule has 28 heavy (non-hydrogen) atoms. The Labute approximate surface area is 167 Å². The molecule has 0 bridgehead atoms. The largest absolute Gasteiger partial charge is 0.491 e. The third-order valence-corrected chi connectivity index (χ3v) is 4.43. The van der Waals surface area contributed by atoms with Gasteiger partial charge in [0.15, 0.2) is 5.96 Å². The van der Waals surface area contributed by atoms with Crippen molar-refractivity contribution in [1.29, 1.82) is 0 Å². The van der Waals surface area contributed by atoms with E-state index in [2.05, 4.69) is 39.5 Å². The lowest BCUT2D eigenvalue weighted by Crippen LogP contribution is -2.35. The number of morpholine rings is 1. The molecule has 1 saturated heterocycles. The minimum absolute atomic E-state index is 0.157. The van der Waals surface area contributed by atoms with Crippen molar-refractivity contribution in [2.24, 2.45) is 10.7 Å². The number of guanidine groups is 1. The Kier molecular flexibility index (Phi) is 7.28. The molecule has 0 saturated carbocycles. The average Bonchev–Trinajstić information content (AvgIpc) is 2.69. The molecule has 0 amide bonds. The van der Waals surface area contributed by atoms with Crippen LogP contribution in [0.4, 0.5) is 5.69 Å². The number of benzene rings is 2. The van der Waals surface area contributed by atoms with Gasteiger partial charge >= 0.3 is 0 Å². The molecule has 2 aromatic rings. The Morgan fingerprint density at radius 3 is 2.57 bits per heavy atom. The molecule has 6 nitrogen and oxygen atoms in total. The van der Waals surface area contributed by atoms with Gasteiger partial charge < -0.3 is 20.5 Å². The Morgan fingerprint density at radius 2 is 1.86 bits per heavy atom. The molecular weight excluding hydrogens is 352 g/mol. The van der Waals surface area contributed by atoms with Crippen LogP contribution in [0.2, 0.25) is 0 Å². The molecule has 1 heterocycles. The van der Waals surface area contributed by atoms with Crippen molar-refractivity contribution in [1.82, 2.24) is 4.90 Å². The predicted octanol–water partition coefficient (Wildman–Crippen LogP) is 3.23. The van der Waals surface area contributed by atoms with E-state index in [0.29, 0.717) is 12.5 Å². The number of hydrogen-bond acceptors (Lipinski definition) is 4. The number of rotatable bonds is 7. The SMILES string of the molecule is CC(C)Oc1ccc(NC(N)=NCc2cccc(CN3CCOCC3)c2)cc1. The van der Waals surface area contributed by atoms with E-state index in [4.69, 9.17) is 15.2 Å². The van der Waals surface area contributed by atoms with Gasteiger partial charge in [-0.1, -0.05) is 24.3 Å². The first-order valence-corrected chi connectivity index (χ1v) is 9.80. The van der Waals surface area contributed by atoms with Crippen molar-refractivity contribution in [3.05, 3.63) is 59.7 Å². The summed E-state index contributed by atoms with van der Waals surface area (Å²) in [6.45, 7) is 9.11. The minimum atomic E-state index is 0.157. The summed E-state index contributed by atoms with van der Waals surface area (Å²) in [7, 11) is 0. The maximum Gasteiger partial charge on any atom is 0.193 e. The van der Waals surface area contributed by atoms with Crippen molar-refractivity contribution >= 4 is 11.6 Å². The first-order chi connectivity index (χ1) is 13.6. The Hall–Kier alpha value is -2.57. The normalized spacial score (nSPS) is 15.6. The number of nitrogens with one attached hydrogen (secondary N) is 1. The third kappa shape index (κ3) is 6.55. The summed E-state index contributed by atoms with van der Waals surface area (Å²) < 4.78 is 11.1. The highest BCUT2D eigenvalue weighted by molar-refractivity contribution is 5.92. The van der Waals surface area contributed by atoms with Crippen molar-refractivity contribution in [3.63, 3.8) is 0 Å². The molecule has 6 heteroatoms. The fourth-order valence-corrected chi connectivity index (χ4v) is 3.10. The summed E-state index contributed by atoms with van der Waals surface area (Å²) in [4.78, 5) is 6.88. The number of aliphatic imine (C=N–C) groups is 1. The summed E-state index contributed by atoms with van der Waals surface area (Å²) in [5.74, 6) is 1.24. The molecule has 0 radical (unpaired) electrons. The highest BCUT2D eigenvalue weighted by Crippen LogP contribution is 2.17. The van der Waals surface area contributed by atoms with Gasteiger partial charge in [0.05, 0.1) is 25.9 Å². The molecular formula is C22H30N4O2. The number of ether oxygens (including phenoxy) is 2. The van der Waals surface area contributed by atoms with Gasteiger partial charge in [0, 0.05) is 25.3 Å². The summed E-state index contributed by atoms with van der Waals surface area (Å²) in [5, 5.41) is 3.12. The van der Waals surface area contributed by atoms with Crippen LogP contribution in [0.25, 0.3) is 0 Å². The van der Waals surface area contributed by atoms with Crippen LogP contribution in [0.3, 0.4) is 0 Å². The molecule has 2 aromatic carbocycles. The van der Waals surface area contributed by atoms with Gasteiger partial charge in [-0.3, -0.25) is 4.90 Å². The van der Waals surface area contributed by atoms with Gasteiger partial charge in [-0.15, -0.1) is 0 Å². The van der Waals surface area contributed by atoms with Gasteiger partial charge in [0.25, 0.3) is 0 Å². The number of hydrogen-bond donors (Lipinski definition) is 2. The lowest BCUT2D eigenvalue weighted by atomic mass is 10.1. The molecule has 3 rings (SSSR count). The second-order valence-corrected chi connectivity index (χ2v) is 7.23. The molecule has 1 aliphatic rings. The average molecular weight is 383 g/mol.